The lowest BCUT2D eigenvalue weighted by atomic mass is 10.1. The largest absolute Gasteiger partial charge is 0.472 e. The summed E-state index contributed by atoms with van der Waals surface area (Å²) in [6.07, 6.45) is -11.3. The van der Waals surface area contributed by atoms with Gasteiger partial charge < -0.3 is 33.1 Å². The van der Waals surface area contributed by atoms with Crippen LogP contribution in [0.4, 0.5) is 28.9 Å². The lowest BCUT2D eigenvalue weighted by Gasteiger charge is -2.30. The minimum atomic E-state index is -4.71. The smallest absolute Gasteiger partial charge is 0.390 e. The van der Waals surface area contributed by atoms with Gasteiger partial charge in [0.15, 0.2) is 77.7 Å². The Morgan fingerprint density at radius 2 is 0.965 bits per heavy atom. The van der Waals surface area contributed by atoms with Gasteiger partial charge in [0, 0.05) is 34.8 Å². The van der Waals surface area contributed by atoms with Crippen molar-refractivity contribution in [2.45, 2.75) is 143 Å². The fraction of sp³-hybridized carbons (Fsp3) is 0.452. The zero-order valence-electron chi connectivity index (χ0n) is 58.3. The molecule has 598 valence electrons. The van der Waals surface area contributed by atoms with Gasteiger partial charge in [0.1, 0.15) is 97.3 Å². The maximum atomic E-state index is 17.2. The summed E-state index contributed by atoms with van der Waals surface area (Å²) in [5, 5.41) is 23.9. The Hall–Kier alpha value is -7.43. The summed E-state index contributed by atoms with van der Waals surface area (Å²) in [7, 11) is 0. The van der Waals surface area contributed by atoms with Crippen LogP contribution in [-0.4, -0.2) is 199 Å². The van der Waals surface area contributed by atoms with Gasteiger partial charge in [0.05, 0.1) is 78.7 Å². The number of ether oxygens (including phenoxy) is 5. The number of benzene rings is 2. The molecule has 51 heteroatoms. The maximum absolute atomic E-state index is 17.2. The number of hydrogen-bond acceptors (Lipinski definition) is 35. The number of thiol groups is 1. The molecule has 20 atom stereocenters. The van der Waals surface area contributed by atoms with E-state index in [4.69, 9.17) is 71.7 Å². The number of nitrogens with zero attached hydrogens (tertiary/aromatic N) is 18. The second-order valence-electron chi connectivity index (χ2n) is 25.9. The first-order valence-corrected chi connectivity index (χ1v) is 45.9. The molecule has 4 unspecified atom stereocenters. The number of rotatable bonds is 11. The minimum absolute atomic E-state index is 0.132. The number of aryl methyl sites for hydroxylation is 3. The van der Waals surface area contributed by atoms with E-state index in [9.17, 15) is 29.7 Å². The van der Waals surface area contributed by atoms with E-state index in [-0.39, 0.29) is 74.6 Å². The Kier molecular flexibility index (Phi) is 22.9. The number of fused-ring (bicyclic) bond motifs is 14. The average Bonchev–Trinajstić information content (AvgIpc) is 1.62. The molecule has 14 bridgehead atoms. The van der Waals surface area contributed by atoms with Gasteiger partial charge in [-0.15, -0.1) is 0 Å². The summed E-state index contributed by atoms with van der Waals surface area (Å²) in [5.41, 5.74) is 3.49. The Labute approximate surface area is 652 Å². The molecule has 39 nitrogen and oxygen atoms in total. The van der Waals surface area contributed by atoms with Crippen molar-refractivity contribution in [2.75, 3.05) is 33.0 Å². The lowest BCUT2D eigenvalue weighted by molar-refractivity contribution is -0.385. The normalized spacial score (nSPS) is 33.2. The Morgan fingerprint density at radius 1 is 0.540 bits per heavy atom. The molecule has 2 aromatic carbocycles. The van der Waals surface area contributed by atoms with Crippen LogP contribution in [0.5, 0.6) is 5.88 Å². The highest BCUT2D eigenvalue weighted by molar-refractivity contribution is 8.55. The summed E-state index contributed by atoms with van der Waals surface area (Å²) in [5.74, 6) is -0.513. The van der Waals surface area contributed by atoms with E-state index in [0.29, 0.717) is 75.7 Å². The molecule has 0 spiro atoms. The zero-order chi connectivity index (χ0) is 78.8. The molecule has 10 aromatic rings. The zero-order valence-corrected chi connectivity index (χ0v) is 65.3. The standard InChI is InChI=1S/C37H36F2N10O12P2S2.C25H26F2N8O9P2S2/c1-3-23-31-35(43-17-41-23)47(19-45-31)37-29(39)33-27(59-37)13-57-62(54,64-14-21-8-4-6-10-24(21)48(50)51)60-32-26(58-36(28(32)38)46-18-44-30-20(2)40-16-42-34(30)46)12-56-63(55,61-33)65-15-22-9-5-7-11-25(22)49(52)53;26-15-19-13-6-39-46(37,48)44-20-14(7-40-45(36,47)43-19)42-25(16(20)27)35-11-33-18-22(35)30-9-31-23(18)38-5-3-1-2-4-12-17-21(29-8-28-12)34(10-32-17)24(15)41-13/h4-11,16-19,26-29,32-33,36-37H,3,12-15H2,1-2H3;1,3,8-11,13-16,19-20,24-25H,2,4-7H2,(H,36,47)(H,37,48)/b;3-1+/t26-,27-,28-,29-,32-,33-,36-,37-,62?,63?;13-,14-,15-,16-,19-,20-,24-,25-,45?,46?/m11/s1. The molecule has 8 aliphatic rings. The lowest BCUT2D eigenvalue weighted by Crippen LogP contribution is -2.37. The van der Waals surface area contributed by atoms with Crippen molar-refractivity contribution in [1.82, 2.24) is 78.1 Å². The third-order valence-electron chi connectivity index (χ3n) is 19.0. The van der Waals surface area contributed by atoms with Crippen molar-refractivity contribution in [2.24, 2.45) is 0 Å². The van der Waals surface area contributed by atoms with E-state index < -0.39 is 162 Å². The number of imidazole rings is 4. The molecule has 18 rings (SSSR count). The van der Waals surface area contributed by atoms with Crippen molar-refractivity contribution in [3.8, 4) is 5.88 Å². The van der Waals surface area contributed by atoms with Crippen molar-refractivity contribution in [3.63, 3.8) is 0 Å². The van der Waals surface area contributed by atoms with Gasteiger partial charge in [-0.25, -0.2) is 86.1 Å². The van der Waals surface area contributed by atoms with Gasteiger partial charge in [0.2, 0.25) is 5.88 Å². The second kappa shape index (κ2) is 32.6. The van der Waals surface area contributed by atoms with Crippen molar-refractivity contribution >= 4 is 130 Å². The molecular formula is C62H62F4N18O21P4S4. The van der Waals surface area contributed by atoms with Gasteiger partial charge >= 0.3 is 27.1 Å². The SMILES string of the molecule is CCc1ncnc2c1ncn2[C@@H]1O[C@@H]2COP(=O)(SCc3ccccc3[N+](=O)[O-])O[C@H]3[C@@H](F)[C@H](n4cnc5c(C)ncnc54)O[C@@H]3COP(=O)(SCc3ccccc3[N+](=O)[O-])O[C@H]2[C@H]1F.O=P1(S)OC[C@H]2O[C@@H]3[C@H](F)[C@@H]2OP(O)(=S)OC[C@H]2O[C@H]([C@H](F)[C@@H]2O1)n1cnc2c(ncnc21)OC/C=C/CCc1ncnc2c1ncn23. The highest BCUT2D eigenvalue weighted by Crippen LogP contribution is 2.68. The highest BCUT2D eigenvalue weighted by atomic mass is 32.7. The van der Waals surface area contributed by atoms with E-state index in [1.54, 1.807) is 25.1 Å². The second-order valence-corrected chi connectivity index (χ2v) is 39.6. The fourth-order valence-electron chi connectivity index (χ4n) is 13.6. The van der Waals surface area contributed by atoms with Crippen LogP contribution in [0.3, 0.4) is 0 Å². The van der Waals surface area contributed by atoms with Crippen LogP contribution in [0, 0.1) is 27.2 Å². The minimum Gasteiger partial charge on any atom is -0.472 e. The quantitative estimate of drug-likeness (QED) is 0.0303. The van der Waals surface area contributed by atoms with Crippen LogP contribution in [-0.2, 0) is 105 Å². The van der Waals surface area contributed by atoms with Crippen LogP contribution in [0.1, 0.15) is 66.5 Å². The number of halogens is 4. The van der Waals surface area contributed by atoms with E-state index >= 15 is 26.7 Å². The number of alkyl halides is 4. The van der Waals surface area contributed by atoms with Crippen molar-refractivity contribution in [3.05, 3.63) is 160 Å². The number of allylic oxidation sites excluding steroid dienone is 1. The predicted molar refractivity (Wildman–Crippen MR) is 394 cm³/mol. The van der Waals surface area contributed by atoms with Gasteiger partial charge in [-0.05, 0) is 60.8 Å². The molecular weight excluding hydrogens is 1660 g/mol. The fourth-order valence-corrected chi connectivity index (χ4v) is 23.3. The number of nitro groups is 2. The average molecular weight is 1720 g/mol. The first kappa shape index (κ1) is 79.4. The third kappa shape index (κ3) is 16.1. The van der Waals surface area contributed by atoms with E-state index in [0.717, 1.165) is 0 Å². The topological polar surface area (TPSA) is 452 Å². The Bertz CT molecular complexity index is 5390. The molecule has 113 heavy (non-hydrogen) atoms. The Morgan fingerprint density at radius 3 is 1.50 bits per heavy atom. The number of para-hydroxylation sites is 2. The van der Waals surface area contributed by atoms with Crippen LogP contribution in [0.25, 0.3) is 44.7 Å². The molecule has 1 N–H and O–H groups in total. The monoisotopic (exact) mass is 1720 g/mol. The highest BCUT2D eigenvalue weighted by Gasteiger charge is 2.58. The predicted octanol–water partition coefficient (Wildman–Crippen LogP) is 10.8. The molecule has 16 heterocycles. The first-order chi connectivity index (χ1) is 54.3. The van der Waals surface area contributed by atoms with Gasteiger partial charge in [0.25, 0.3) is 11.4 Å². The van der Waals surface area contributed by atoms with Crippen LogP contribution >= 0.6 is 62.1 Å². The summed E-state index contributed by atoms with van der Waals surface area (Å²) < 4.78 is 192. The maximum Gasteiger partial charge on any atom is 0.390 e. The molecule has 6 saturated heterocycles. The molecule has 0 saturated carbocycles. The molecule has 0 radical (unpaired) electrons. The van der Waals surface area contributed by atoms with Gasteiger partial charge in [-0.1, -0.05) is 67.7 Å². The van der Waals surface area contributed by atoms with Gasteiger partial charge in [-0.2, -0.15) is 4.98 Å². The summed E-state index contributed by atoms with van der Waals surface area (Å²) in [6, 6.07) is 11.4. The summed E-state index contributed by atoms with van der Waals surface area (Å²) in [6.45, 7) is -17.2. The summed E-state index contributed by atoms with van der Waals surface area (Å²) in [4.78, 5) is 85.0. The van der Waals surface area contributed by atoms with E-state index in [2.05, 4.69) is 72.1 Å². The molecule has 0 amide bonds. The van der Waals surface area contributed by atoms with Crippen LogP contribution in [0.15, 0.2) is 111 Å². The Balaban J connectivity index is 0.000000178. The number of nitro benzene ring substituents is 2. The van der Waals surface area contributed by atoms with Crippen molar-refractivity contribution in [1.29, 1.82) is 0 Å². The molecule has 6 fully saturated rings. The molecule has 0 aliphatic carbocycles. The van der Waals surface area contributed by atoms with Crippen LogP contribution in [0.2, 0.25) is 0 Å². The van der Waals surface area contributed by atoms with Crippen molar-refractivity contribution < 1.29 is 106 Å². The van der Waals surface area contributed by atoms with E-state index in [1.807, 2.05) is 13.0 Å². The van der Waals surface area contributed by atoms with E-state index in [1.165, 1.54) is 105 Å². The number of hydrogen-bond donors (Lipinski definition) is 2. The molecule has 8 aromatic heterocycles. The van der Waals surface area contributed by atoms with Crippen LogP contribution < -0.4 is 4.74 Å². The number of aromatic nitrogens is 16. The summed E-state index contributed by atoms with van der Waals surface area (Å²) >= 11 is 10.3. The van der Waals surface area contributed by atoms with Gasteiger partial charge in [-0.3, -0.25) is 70.2 Å². The first-order valence-electron chi connectivity index (χ1n) is 34.4. The molecule has 8 aliphatic heterocycles. The third-order valence-corrected chi connectivity index (χ3v) is 29.4.